The summed E-state index contributed by atoms with van der Waals surface area (Å²) >= 11 is 0. The molecule has 2 amide bonds. The first-order chi connectivity index (χ1) is 14.2. The minimum Gasteiger partial charge on any atom is -0.349 e. The molecule has 0 heterocycles. The van der Waals surface area contributed by atoms with Crippen molar-refractivity contribution in [3.05, 3.63) is 59.7 Å². The molecular weight excluding hydrogens is 402 g/mol. The molecule has 0 radical (unpaired) electrons. The summed E-state index contributed by atoms with van der Waals surface area (Å²) < 4.78 is 26.6. The number of hydrogen-bond donors (Lipinski definition) is 2. The lowest BCUT2D eigenvalue weighted by atomic mass is 10.1. The maximum Gasteiger partial charge on any atom is 0.243 e. The van der Waals surface area contributed by atoms with Crippen LogP contribution >= 0.6 is 0 Å². The molecule has 2 rings (SSSR count). The molecule has 2 aromatic rings. The van der Waals surface area contributed by atoms with Crippen LogP contribution in [0.5, 0.6) is 0 Å². The van der Waals surface area contributed by atoms with Gasteiger partial charge < -0.3 is 10.6 Å². The van der Waals surface area contributed by atoms with Crippen LogP contribution < -0.4 is 10.6 Å². The van der Waals surface area contributed by atoms with E-state index in [0.717, 1.165) is 11.1 Å². The van der Waals surface area contributed by atoms with Gasteiger partial charge in [-0.05, 0) is 42.3 Å². The molecule has 0 aromatic heterocycles. The van der Waals surface area contributed by atoms with Gasteiger partial charge in [0, 0.05) is 25.7 Å². The molecule has 0 saturated carbocycles. The van der Waals surface area contributed by atoms with Crippen molar-refractivity contribution in [2.45, 2.75) is 45.1 Å². The van der Waals surface area contributed by atoms with Crippen molar-refractivity contribution >= 4 is 27.5 Å². The van der Waals surface area contributed by atoms with Crippen LogP contribution in [0.15, 0.2) is 53.4 Å². The first kappa shape index (κ1) is 23.6. The molecule has 1 atom stereocenters. The molecule has 0 aliphatic rings. The van der Waals surface area contributed by atoms with Gasteiger partial charge in [0.25, 0.3) is 0 Å². The number of rotatable bonds is 9. The third-order valence-corrected chi connectivity index (χ3v) is 6.80. The van der Waals surface area contributed by atoms with Crippen LogP contribution in [0.1, 0.15) is 44.9 Å². The monoisotopic (exact) mass is 431 g/mol. The Kier molecular flexibility index (Phi) is 8.14. The number of amides is 2. The minimum absolute atomic E-state index is 0.144. The highest BCUT2D eigenvalue weighted by Gasteiger charge is 2.21. The van der Waals surface area contributed by atoms with Crippen molar-refractivity contribution in [2.24, 2.45) is 0 Å². The van der Waals surface area contributed by atoms with Gasteiger partial charge in [-0.1, -0.05) is 38.1 Å². The first-order valence-electron chi connectivity index (χ1n) is 9.93. The Morgan fingerprint density at radius 1 is 0.967 bits per heavy atom. The minimum atomic E-state index is -3.50. The van der Waals surface area contributed by atoms with Crippen LogP contribution in [0.2, 0.25) is 0 Å². The molecule has 162 valence electrons. The Morgan fingerprint density at radius 3 is 2.03 bits per heavy atom. The molecule has 2 N–H and O–H groups in total. The van der Waals surface area contributed by atoms with Gasteiger partial charge in [-0.25, -0.2) is 8.42 Å². The summed E-state index contributed by atoms with van der Waals surface area (Å²) in [6, 6.07) is 13.4. The second-order valence-corrected chi connectivity index (χ2v) is 8.94. The summed E-state index contributed by atoms with van der Waals surface area (Å²) in [7, 11) is -3.50. The van der Waals surface area contributed by atoms with E-state index in [4.69, 9.17) is 0 Å². The molecule has 8 heteroatoms. The summed E-state index contributed by atoms with van der Waals surface area (Å²) in [6.45, 7) is 7.73. The average Bonchev–Trinajstić information content (AvgIpc) is 2.70. The standard InChI is InChI=1S/C22H29N3O4S/c1-5-25(6-2)30(28,29)21-13-9-19(10-14-21)16(3)23-22(27)15-18-7-11-20(12-8-18)24-17(4)26/h7-14,16H,5-6,15H2,1-4H3,(H,23,27)(H,24,26)/t16-/m0/s1. The molecule has 0 saturated heterocycles. The van der Waals surface area contributed by atoms with E-state index >= 15 is 0 Å². The maximum atomic E-state index is 12.6. The maximum absolute atomic E-state index is 12.6. The molecule has 0 aliphatic heterocycles. The topological polar surface area (TPSA) is 95.6 Å². The zero-order valence-electron chi connectivity index (χ0n) is 17.8. The van der Waals surface area contributed by atoms with Crippen molar-refractivity contribution in [3.63, 3.8) is 0 Å². The fourth-order valence-corrected chi connectivity index (χ4v) is 4.57. The number of anilines is 1. The fraction of sp³-hybridized carbons (Fsp3) is 0.364. The van der Waals surface area contributed by atoms with Gasteiger partial charge in [-0.15, -0.1) is 0 Å². The van der Waals surface area contributed by atoms with E-state index in [2.05, 4.69) is 10.6 Å². The molecule has 30 heavy (non-hydrogen) atoms. The lowest BCUT2D eigenvalue weighted by molar-refractivity contribution is -0.121. The Bertz CT molecular complexity index is 966. The molecule has 7 nitrogen and oxygen atoms in total. The van der Waals surface area contributed by atoms with E-state index in [1.807, 2.05) is 6.92 Å². The Hall–Kier alpha value is -2.71. The SMILES string of the molecule is CCN(CC)S(=O)(=O)c1ccc([C@H](C)NC(=O)Cc2ccc(NC(C)=O)cc2)cc1. The van der Waals surface area contributed by atoms with Crippen molar-refractivity contribution in [1.29, 1.82) is 0 Å². The van der Waals surface area contributed by atoms with E-state index < -0.39 is 10.0 Å². The zero-order valence-corrected chi connectivity index (χ0v) is 18.6. The van der Waals surface area contributed by atoms with Crippen LogP contribution in [-0.4, -0.2) is 37.6 Å². The average molecular weight is 432 g/mol. The van der Waals surface area contributed by atoms with Gasteiger partial charge in [0.05, 0.1) is 17.4 Å². The molecule has 2 aromatic carbocycles. The highest BCUT2D eigenvalue weighted by Crippen LogP contribution is 2.19. The van der Waals surface area contributed by atoms with Crippen LogP contribution in [0, 0.1) is 0 Å². The van der Waals surface area contributed by atoms with Gasteiger partial charge in [0.1, 0.15) is 0 Å². The molecule has 0 fully saturated rings. The Morgan fingerprint density at radius 2 is 1.53 bits per heavy atom. The summed E-state index contributed by atoms with van der Waals surface area (Å²) in [6.07, 6.45) is 0.207. The number of nitrogens with one attached hydrogen (secondary N) is 2. The van der Waals surface area contributed by atoms with Gasteiger partial charge in [0.15, 0.2) is 0 Å². The number of benzene rings is 2. The summed E-state index contributed by atoms with van der Waals surface area (Å²) in [5, 5.41) is 5.61. The Balaban J connectivity index is 1.99. The predicted octanol–water partition coefficient (Wildman–Crippen LogP) is 3.10. The van der Waals surface area contributed by atoms with E-state index in [1.54, 1.807) is 62.4 Å². The first-order valence-corrected chi connectivity index (χ1v) is 11.4. The number of sulfonamides is 1. The second-order valence-electron chi connectivity index (χ2n) is 7.00. The molecule has 0 aliphatic carbocycles. The normalized spacial score (nSPS) is 12.4. The van der Waals surface area contributed by atoms with Gasteiger partial charge in [-0.3, -0.25) is 9.59 Å². The van der Waals surface area contributed by atoms with Crippen LogP contribution in [0.4, 0.5) is 5.69 Å². The van der Waals surface area contributed by atoms with Crippen molar-refractivity contribution in [2.75, 3.05) is 18.4 Å². The van der Waals surface area contributed by atoms with E-state index in [-0.39, 0.29) is 29.2 Å². The van der Waals surface area contributed by atoms with Gasteiger partial charge >= 0.3 is 0 Å². The molecule has 0 bridgehead atoms. The van der Waals surface area contributed by atoms with Crippen molar-refractivity contribution < 1.29 is 18.0 Å². The number of hydrogen-bond acceptors (Lipinski definition) is 4. The van der Waals surface area contributed by atoms with Crippen LogP contribution in [0.3, 0.4) is 0 Å². The van der Waals surface area contributed by atoms with Crippen molar-refractivity contribution in [1.82, 2.24) is 9.62 Å². The molecular formula is C22H29N3O4S. The quantitative estimate of drug-likeness (QED) is 0.638. The highest BCUT2D eigenvalue weighted by molar-refractivity contribution is 7.89. The lowest BCUT2D eigenvalue weighted by Crippen LogP contribution is -2.30. The van der Waals surface area contributed by atoms with Crippen LogP contribution in [0.25, 0.3) is 0 Å². The third-order valence-electron chi connectivity index (χ3n) is 4.74. The molecule has 0 spiro atoms. The predicted molar refractivity (Wildman–Crippen MR) is 118 cm³/mol. The number of carbonyl (C=O) groups is 2. The van der Waals surface area contributed by atoms with Crippen molar-refractivity contribution in [3.8, 4) is 0 Å². The van der Waals surface area contributed by atoms with E-state index in [1.165, 1.54) is 11.2 Å². The third kappa shape index (κ3) is 6.14. The number of nitrogens with zero attached hydrogens (tertiary/aromatic N) is 1. The summed E-state index contributed by atoms with van der Waals surface area (Å²) in [5.74, 6) is -0.292. The van der Waals surface area contributed by atoms with E-state index in [9.17, 15) is 18.0 Å². The highest BCUT2D eigenvalue weighted by atomic mass is 32.2. The number of carbonyl (C=O) groups excluding carboxylic acids is 2. The smallest absolute Gasteiger partial charge is 0.243 e. The molecule has 0 unspecified atom stereocenters. The summed E-state index contributed by atoms with van der Waals surface area (Å²) in [4.78, 5) is 23.7. The Labute approximate surface area is 178 Å². The van der Waals surface area contributed by atoms with Gasteiger partial charge in [-0.2, -0.15) is 4.31 Å². The second kappa shape index (κ2) is 10.4. The summed E-state index contributed by atoms with van der Waals surface area (Å²) in [5.41, 5.74) is 2.33. The van der Waals surface area contributed by atoms with Crippen LogP contribution in [-0.2, 0) is 26.0 Å². The lowest BCUT2D eigenvalue weighted by Gasteiger charge is -2.19. The van der Waals surface area contributed by atoms with E-state index in [0.29, 0.717) is 18.8 Å². The van der Waals surface area contributed by atoms with Gasteiger partial charge in [0.2, 0.25) is 21.8 Å². The zero-order chi connectivity index (χ0) is 22.3. The fourth-order valence-electron chi connectivity index (χ4n) is 3.11. The largest absolute Gasteiger partial charge is 0.349 e.